The third-order valence-electron chi connectivity index (χ3n) is 7.98. The van der Waals surface area contributed by atoms with Gasteiger partial charge in [-0.25, -0.2) is 0 Å². The van der Waals surface area contributed by atoms with Crippen molar-refractivity contribution in [2.45, 2.75) is 89.4 Å². The lowest BCUT2D eigenvalue weighted by atomic mass is 9.77. The van der Waals surface area contributed by atoms with Gasteiger partial charge in [-0.05, 0) is 97.3 Å². The number of hydrogen-bond donors (Lipinski definition) is 0. The molecule has 2 aromatic carbocycles. The first kappa shape index (κ1) is 21.6. The average molecular weight is 407 g/mol. The van der Waals surface area contributed by atoms with E-state index in [1.54, 1.807) is 0 Å². The Morgan fingerprint density at radius 1 is 0.633 bits per heavy atom. The van der Waals surface area contributed by atoms with Gasteiger partial charge in [0.15, 0.2) is 0 Å². The summed E-state index contributed by atoms with van der Waals surface area (Å²) in [6.07, 6.45) is 14.1. The molecule has 0 aliphatic heterocycles. The summed E-state index contributed by atoms with van der Waals surface area (Å²) >= 11 is 0. The molecular formula is C29H39F. The summed E-state index contributed by atoms with van der Waals surface area (Å²) < 4.78 is 12.9. The van der Waals surface area contributed by atoms with Crippen LogP contribution in [0.3, 0.4) is 0 Å². The number of halogens is 1. The van der Waals surface area contributed by atoms with Crippen molar-refractivity contribution in [2.75, 3.05) is 6.67 Å². The fourth-order valence-electron chi connectivity index (χ4n) is 5.82. The zero-order chi connectivity index (χ0) is 20.8. The van der Waals surface area contributed by atoms with Crippen molar-refractivity contribution < 1.29 is 4.39 Å². The number of rotatable bonds is 7. The molecule has 0 bridgehead atoms. The maximum Gasteiger partial charge on any atom is 0.0922 e. The van der Waals surface area contributed by atoms with Crippen molar-refractivity contribution in [3.8, 4) is 11.1 Å². The summed E-state index contributed by atoms with van der Waals surface area (Å²) in [4.78, 5) is 0. The summed E-state index contributed by atoms with van der Waals surface area (Å²) in [5, 5.41) is 0. The minimum Gasteiger partial charge on any atom is -0.251 e. The fraction of sp³-hybridized carbons (Fsp3) is 0.586. The molecule has 0 unspecified atom stereocenters. The lowest BCUT2D eigenvalue weighted by molar-refractivity contribution is 0.263. The van der Waals surface area contributed by atoms with Crippen LogP contribution in [0.5, 0.6) is 0 Å². The Kier molecular flexibility index (Phi) is 7.63. The molecule has 2 aliphatic carbocycles. The minimum atomic E-state index is -0.137. The van der Waals surface area contributed by atoms with Crippen LogP contribution in [0.1, 0.15) is 101 Å². The van der Waals surface area contributed by atoms with E-state index in [-0.39, 0.29) is 6.67 Å². The molecule has 1 heteroatoms. The minimum absolute atomic E-state index is 0.137. The second-order valence-electron chi connectivity index (χ2n) is 9.98. The average Bonchev–Trinajstić information content (AvgIpc) is 2.83. The van der Waals surface area contributed by atoms with E-state index in [1.807, 2.05) is 0 Å². The van der Waals surface area contributed by atoms with Gasteiger partial charge < -0.3 is 0 Å². The highest BCUT2D eigenvalue weighted by Crippen LogP contribution is 2.39. The first-order valence-electron chi connectivity index (χ1n) is 12.5. The van der Waals surface area contributed by atoms with Gasteiger partial charge >= 0.3 is 0 Å². The molecule has 2 aliphatic rings. The van der Waals surface area contributed by atoms with E-state index in [1.165, 1.54) is 67.2 Å². The van der Waals surface area contributed by atoms with Crippen LogP contribution in [0.4, 0.5) is 4.39 Å². The van der Waals surface area contributed by atoms with Crippen LogP contribution >= 0.6 is 0 Å². The monoisotopic (exact) mass is 406 g/mol. The van der Waals surface area contributed by atoms with Crippen LogP contribution in [-0.2, 0) is 0 Å². The highest BCUT2D eigenvalue weighted by molar-refractivity contribution is 5.64. The van der Waals surface area contributed by atoms with Gasteiger partial charge in [-0.15, -0.1) is 0 Å². The Morgan fingerprint density at radius 3 is 1.47 bits per heavy atom. The van der Waals surface area contributed by atoms with Crippen molar-refractivity contribution in [2.24, 2.45) is 11.8 Å². The fourth-order valence-corrected chi connectivity index (χ4v) is 5.82. The molecular weight excluding hydrogens is 367 g/mol. The summed E-state index contributed by atoms with van der Waals surface area (Å²) in [7, 11) is 0. The molecule has 0 heterocycles. The maximum atomic E-state index is 12.9. The molecule has 2 saturated carbocycles. The Balaban J connectivity index is 1.33. The number of alkyl halides is 1. The quantitative estimate of drug-likeness (QED) is 0.430. The Labute approximate surface area is 183 Å². The first-order valence-corrected chi connectivity index (χ1v) is 12.5. The van der Waals surface area contributed by atoms with Crippen LogP contribution in [-0.4, -0.2) is 6.67 Å². The predicted octanol–water partition coefficient (Wildman–Crippen LogP) is 9.06. The number of unbranched alkanes of at least 4 members (excludes halogenated alkanes) is 1. The normalized spacial score (nSPS) is 27.1. The van der Waals surface area contributed by atoms with Crippen LogP contribution in [0.2, 0.25) is 0 Å². The molecule has 2 fully saturated rings. The SMILES string of the molecule is CCCC[C@H]1CC[C@H](c2ccc(-c3ccc([C@H]4CC[C@H](CF)CC4)cc3)cc2)CC1. The first-order chi connectivity index (χ1) is 14.8. The largest absolute Gasteiger partial charge is 0.251 e. The van der Waals surface area contributed by atoms with Gasteiger partial charge in [0, 0.05) is 0 Å². The molecule has 0 aromatic heterocycles. The summed E-state index contributed by atoms with van der Waals surface area (Å²) in [6.45, 7) is 2.17. The predicted molar refractivity (Wildman–Crippen MR) is 127 cm³/mol. The lowest BCUT2D eigenvalue weighted by Gasteiger charge is -2.29. The Bertz CT molecular complexity index is 744. The molecule has 0 spiro atoms. The third kappa shape index (κ3) is 5.34. The second kappa shape index (κ2) is 10.6. The maximum absolute atomic E-state index is 12.9. The molecule has 0 N–H and O–H groups in total. The molecule has 0 radical (unpaired) electrons. The van der Waals surface area contributed by atoms with Crippen molar-refractivity contribution in [1.82, 2.24) is 0 Å². The third-order valence-corrected chi connectivity index (χ3v) is 7.98. The standard InChI is InChI=1S/C29H39F/c1-2-3-4-22-5-9-24(10-6-22)26-13-17-28(18-14-26)29-19-15-27(16-20-29)25-11-7-23(21-30)8-12-25/h13-20,22-25H,2-12,21H2,1H3/t22-,23-,24-,25-. The van der Waals surface area contributed by atoms with E-state index in [2.05, 4.69) is 55.5 Å². The van der Waals surface area contributed by atoms with Crippen LogP contribution in [0.15, 0.2) is 48.5 Å². The van der Waals surface area contributed by atoms with E-state index < -0.39 is 0 Å². The van der Waals surface area contributed by atoms with Crippen molar-refractivity contribution in [1.29, 1.82) is 0 Å². The van der Waals surface area contributed by atoms with E-state index in [9.17, 15) is 4.39 Å². The van der Waals surface area contributed by atoms with Crippen molar-refractivity contribution in [3.05, 3.63) is 59.7 Å². The molecule has 0 atom stereocenters. The molecule has 0 amide bonds. The van der Waals surface area contributed by atoms with E-state index >= 15 is 0 Å². The van der Waals surface area contributed by atoms with Crippen LogP contribution in [0, 0.1) is 11.8 Å². The van der Waals surface area contributed by atoms with Gasteiger partial charge in [0.2, 0.25) is 0 Å². The van der Waals surface area contributed by atoms with Gasteiger partial charge in [-0.1, -0.05) is 74.7 Å². The highest BCUT2D eigenvalue weighted by atomic mass is 19.1. The van der Waals surface area contributed by atoms with Gasteiger partial charge in [-0.2, -0.15) is 0 Å². The van der Waals surface area contributed by atoms with Crippen molar-refractivity contribution >= 4 is 0 Å². The zero-order valence-electron chi connectivity index (χ0n) is 18.8. The van der Waals surface area contributed by atoms with Crippen molar-refractivity contribution in [3.63, 3.8) is 0 Å². The van der Waals surface area contributed by atoms with E-state index in [4.69, 9.17) is 0 Å². The Morgan fingerprint density at radius 2 is 1.07 bits per heavy atom. The van der Waals surface area contributed by atoms with E-state index in [0.717, 1.165) is 37.5 Å². The van der Waals surface area contributed by atoms with Gasteiger partial charge in [0.1, 0.15) is 0 Å². The molecule has 0 saturated heterocycles. The highest BCUT2D eigenvalue weighted by Gasteiger charge is 2.23. The molecule has 162 valence electrons. The zero-order valence-corrected chi connectivity index (χ0v) is 18.8. The number of hydrogen-bond acceptors (Lipinski definition) is 0. The van der Waals surface area contributed by atoms with Gasteiger partial charge in [-0.3, -0.25) is 4.39 Å². The summed E-state index contributed by atoms with van der Waals surface area (Å²) in [6, 6.07) is 18.6. The topological polar surface area (TPSA) is 0 Å². The smallest absolute Gasteiger partial charge is 0.0922 e. The van der Waals surface area contributed by atoms with E-state index in [0.29, 0.717) is 11.8 Å². The van der Waals surface area contributed by atoms with Gasteiger partial charge in [0.05, 0.1) is 6.67 Å². The molecule has 2 aromatic rings. The molecule has 30 heavy (non-hydrogen) atoms. The lowest BCUT2D eigenvalue weighted by Crippen LogP contribution is -2.14. The second-order valence-corrected chi connectivity index (χ2v) is 9.98. The van der Waals surface area contributed by atoms with Crippen LogP contribution < -0.4 is 0 Å². The van der Waals surface area contributed by atoms with Gasteiger partial charge in [0.25, 0.3) is 0 Å². The molecule has 0 nitrogen and oxygen atoms in total. The molecule has 4 rings (SSSR count). The summed E-state index contributed by atoms with van der Waals surface area (Å²) in [5.41, 5.74) is 5.61. The van der Waals surface area contributed by atoms with Crippen LogP contribution in [0.25, 0.3) is 11.1 Å². The Hall–Kier alpha value is -1.63. The number of benzene rings is 2. The summed E-state index contributed by atoms with van der Waals surface area (Å²) in [5.74, 6) is 2.67.